The summed E-state index contributed by atoms with van der Waals surface area (Å²) >= 11 is 0. The summed E-state index contributed by atoms with van der Waals surface area (Å²) in [5.74, 6) is -1.17. The fraction of sp³-hybridized carbons (Fsp3) is 0.833. The molecule has 1 N–H and O–H groups in total. The maximum absolute atomic E-state index is 11.9. The van der Waals surface area contributed by atoms with Gasteiger partial charge in [-0.15, -0.1) is 0 Å². The summed E-state index contributed by atoms with van der Waals surface area (Å²) in [4.78, 5) is 24.5. The Morgan fingerprint density at radius 3 is 2.71 bits per heavy atom. The second-order valence-electron chi connectivity index (χ2n) is 4.36. The van der Waals surface area contributed by atoms with E-state index in [0.717, 1.165) is 0 Å². The van der Waals surface area contributed by atoms with Crippen molar-refractivity contribution >= 4 is 11.9 Å². The number of rotatable bonds is 6. The first-order chi connectivity index (χ1) is 8.07. The Morgan fingerprint density at radius 1 is 1.47 bits per heavy atom. The van der Waals surface area contributed by atoms with Crippen LogP contribution in [0.5, 0.6) is 0 Å². The first kappa shape index (κ1) is 14.0. The van der Waals surface area contributed by atoms with Crippen LogP contribution in [0.2, 0.25) is 0 Å². The van der Waals surface area contributed by atoms with E-state index in [-0.39, 0.29) is 11.9 Å². The Hall–Kier alpha value is -1.10. The SMILES string of the molecule is CCOCCCC(=O)N1CCC(C(=O)O)C1C. The smallest absolute Gasteiger partial charge is 0.308 e. The minimum atomic E-state index is -0.804. The minimum Gasteiger partial charge on any atom is -0.481 e. The van der Waals surface area contributed by atoms with E-state index in [1.165, 1.54) is 0 Å². The van der Waals surface area contributed by atoms with E-state index in [1.54, 1.807) is 4.90 Å². The summed E-state index contributed by atoms with van der Waals surface area (Å²) in [5.41, 5.74) is 0. The van der Waals surface area contributed by atoms with E-state index in [9.17, 15) is 9.59 Å². The zero-order chi connectivity index (χ0) is 12.8. The molecule has 2 atom stereocenters. The number of carboxylic acids is 1. The van der Waals surface area contributed by atoms with Gasteiger partial charge in [-0.3, -0.25) is 9.59 Å². The summed E-state index contributed by atoms with van der Waals surface area (Å²) in [6, 6.07) is -0.188. The molecule has 0 aromatic rings. The van der Waals surface area contributed by atoms with Crippen molar-refractivity contribution in [3.05, 3.63) is 0 Å². The van der Waals surface area contributed by atoms with E-state index in [4.69, 9.17) is 9.84 Å². The van der Waals surface area contributed by atoms with Gasteiger partial charge in [0.25, 0.3) is 0 Å². The van der Waals surface area contributed by atoms with Crippen LogP contribution in [-0.2, 0) is 14.3 Å². The molecule has 1 fully saturated rings. The van der Waals surface area contributed by atoms with Crippen molar-refractivity contribution in [1.29, 1.82) is 0 Å². The number of aliphatic carboxylic acids is 1. The van der Waals surface area contributed by atoms with Crippen LogP contribution in [-0.4, -0.2) is 47.7 Å². The molecular weight excluding hydrogens is 222 g/mol. The van der Waals surface area contributed by atoms with Crippen molar-refractivity contribution in [2.24, 2.45) is 5.92 Å². The summed E-state index contributed by atoms with van der Waals surface area (Å²) in [7, 11) is 0. The number of hydrogen-bond acceptors (Lipinski definition) is 3. The van der Waals surface area contributed by atoms with Crippen LogP contribution in [0, 0.1) is 5.92 Å². The van der Waals surface area contributed by atoms with Crippen LogP contribution >= 0.6 is 0 Å². The molecule has 98 valence electrons. The van der Waals surface area contributed by atoms with Crippen molar-refractivity contribution in [2.75, 3.05) is 19.8 Å². The summed E-state index contributed by atoms with van der Waals surface area (Å²) < 4.78 is 5.17. The molecule has 1 heterocycles. The Bertz CT molecular complexity index is 280. The molecular formula is C12H21NO4. The summed E-state index contributed by atoms with van der Waals surface area (Å²) in [5, 5.41) is 8.97. The Labute approximate surface area is 102 Å². The molecule has 0 bridgehead atoms. The second kappa shape index (κ2) is 6.59. The monoisotopic (exact) mass is 243 g/mol. The highest BCUT2D eigenvalue weighted by Crippen LogP contribution is 2.25. The third kappa shape index (κ3) is 3.70. The molecule has 0 aromatic heterocycles. The highest BCUT2D eigenvalue weighted by Gasteiger charge is 2.37. The average Bonchev–Trinajstić information content (AvgIpc) is 2.66. The molecule has 1 amide bonds. The van der Waals surface area contributed by atoms with Gasteiger partial charge in [0.2, 0.25) is 5.91 Å². The number of carboxylic acid groups (broad SMARTS) is 1. The van der Waals surface area contributed by atoms with Gasteiger partial charge in [0, 0.05) is 32.2 Å². The molecule has 1 aliphatic heterocycles. The number of hydrogen-bond donors (Lipinski definition) is 1. The molecule has 1 rings (SSSR count). The molecule has 0 radical (unpaired) electrons. The third-order valence-electron chi connectivity index (χ3n) is 3.28. The minimum absolute atomic E-state index is 0.0425. The molecule has 0 aromatic carbocycles. The predicted molar refractivity (Wildman–Crippen MR) is 62.6 cm³/mol. The Morgan fingerprint density at radius 2 is 2.18 bits per heavy atom. The molecule has 17 heavy (non-hydrogen) atoms. The first-order valence-electron chi connectivity index (χ1n) is 6.18. The largest absolute Gasteiger partial charge is 0.481 e. The van der Waals surface area contributed by atoms with Gasteiger partial charge < -0.3 is 14.7 Å². The molecule has 2 unspecified atom stereocenters. The lowest BCUT2D eigenvalue weighted by Gasteiger charge is -2.23. The third-order valence-corrected chi connectivity index (χ3v) is 3.28. The van der Waals surface area contributed by atoms with E-state index >= 15 is 0 Å². The quantitative estimate of drug-likeness (QED) is 0.710. The van der Waals surface area contributed by atoms with Gasteiger partial charge >= 0.3 is 5.97 Å². The topological polar surface area (TPSA) is 66.8 Å². The standard InChI is InChI=1S/C12H21NO4/c1-3-17-8-4-5-11(14)13-7-6-10(9(13)2)12(15)16/h9-10H,3-8H2,1-2H3,(H,15,16). The molecule has 5 nitrogen and oxygen atoms in total. The highest BCUT2D eigenvalue weighted by molar-refractivity contribution is 5.79. The zero-order valence-corrected chi connectivity index (χ0v) is 10.5. The van der Waals surface area contributed by atoms with Crippen LogP contribution in [0.3, 0.4) is 0 Å². The second-order valence-corrected chi connectivity index (χ2v) is 4.36. The zero-order valence-electron chi connectivity index (χ0n) is 10.5. The lowest BCUT2D eigenvalue weighted by molar-refractivity contribution is -0.143. The van der Waals surface area contributed by atoms with Crippen molar-refractivity contribution in [3.63, 3.8) is 0 Å². The van der Waals surface area contributed by atoms with Gasteiger partial charge in [-0.1, -0.05) is 0 Å². The predicted octanol–water partition coefficient (Wildman–Crippen LogP) is 1.12. The van der Waals surface area contributed by atoms with Gasteiger partial charge in [0.05, 0.1) is 5.92 Å². The summed E-state index contributed by atoms with van der Waals surface area (Å²) in [6.07, 6.45) is 1.71. The van der Waals surface area contributed by atoms with Gasteiger partial charge in [0.1, 0.15) is 0 Å². The lowest BCUT2D eigenvalue weighted by Crippen LogP contribution is -2.37. The number of nitrogens with zero attached hydrogens (tertiary/aromatic N) is 1. The molecule has 0 saturated carbocycles. The summed E-state index contributed by atoms with van der Waals surface area (Å²) in [6.45, 7) is 5.54. The lowest BCUT2D eigenvalue weighted by atomic mass is 10.0. The molecule has 1 aliphatic rings. The van der Waals surface area contributed by atoms with Crippen molar-refractivity contribution in [3.8, 4) is 0 Å². The molecule has 5 heteroatoms. The highest BCUT2D eigenvalue weighted by atomic mass is 16.5. The van der Waals surface area contributed by atoms with Gasteiger partial charge in [0.15, 0.2) is 0 Å². The number of carbonyl (C=O) groups excluding carboxylic acids is 1. The van der Waals surface area contributed by atoms with Gasteiger partial charge in [-0.05, 0) is 26.7 Å². The van der Waals surface area contributed by atoms with E-state index in [0.29, 0.717) is 39.0 Å². The van der Waals surface area contributed by atoms with Crippen LogP contribution in [0.1, 0.15) is 33.1 Å². The molecule has 0 aliphatic carbocycles. The number of carbonyl (C=O) groups is 2. The maximum atomic E-state index is 11.9. The van der Waals surface area contributed by atoms with Crippen LogP contribution in [0.4, 0.5) is 0 Å². The van der Waals surface area contributed by atoms with Crippen LogP contribution in [0.15, 0.2) is 0 Å². The van der Waals surface area contributed by atoms with Gasteiger partial charge in [-0.2, -0.15) is 0 Å². The Kier molecular flexibility index (Phi) is 5.41. The maximum Gasteiger partial charge on any atom is 0.308 e. The molecule has 0 spiro atoms. The van der Waals surface area contributed by atoms with Gasteiger partial charge in [-0.25, -0.2) is 0 Å². The molecule has 1 saturated heterocycles. The average molecular weight is 243 g/mol. The number of ether oxygens (including phenoxy) is 1. The van der Waals surface area contributed by atoms with Crippen molar-refractivity contribution < 1.29 is 19.4 Å². The normalized spacial score (nSPS) is 24.0. The van der Waals surface area contributed by atoms with Crippen LogP contribution < -0.4 is 0 Å². The van der Waals surface area contributed by atoms with E-state index in [1.807, 2.05) is 13.8 Å². The van der Waals surface area contributed by atoms with Crippen LogP contribution in [0.25, 0.3) is 0 Å². The first-order valence-corrected chi connectivity index (χ1v) is 6.18. The Balaban J connectivity index is 2.35. The fourth-order valence-corrected chi connectivity index (χ4v) is 2.24. The number of likely N-dealkylation sites (tertiary alicyclic amines) is 1. The van der Waals surface area contributed by atoms with E-state index in [2.05, 4.69) is 0 Å². The van der Waals surface area contributed by atoms with E-state index < -0.39 is 11.9 Å². The number of amides is 1. The van der Waals surface area contributed by atoms with Crippen molar-refractivity contribution in [2.45, 2.75) is 39.2 Å². The fourth-order valence-electron chi connectivity index (χ4n) is 2.24. The van der Waals surface area contributed by atoms with Crippen molar-refractivity contribution in [1.82, 2.24) is 4.90 Å².